The predicted molar refractivity (Wildman–Crippen MR) is 90.0 cm³/mol. The Hall–Kier alpha value is -2.35. The molecule has 0 aliphatic rings. The summed E-state index contributed by atoms with van der Waals surface area (Å²) in [6, 6.07) is 6.77. The van der Waals surface area contributed by atoms with Crippen LogP contribution >= 0.6 is 15.9 Å². The molecule has 0 saturated carbocycles. The molecule has 3 N–H and O–H groups in total. The highest BCUT2D eigenvalue weighted by Gasteiger charge is 2.15. The highest BCUT2D eigenvalue weighted by atomic mass is 79.9. The lowest BCUT2D eigenvalue weighted by Crippen LogP contribution is -2.24. The first-order chi connectivity index (χ1) is 11.1. The quantitative estimate of drug-likeness (QED) is 0.666. The number of halogens is 1. The summed E-state index contributed by atoms with van der Waals surface area (Å²) in [6.45, 7) is 2.71. The van der Waals surface area contributed by atoms with Crippen molar-refractivity contribution in [2.45, 2.75) is 19.8 Å². The number of furan rings is 1. The molecule has 0 aromatic carbocycles. The molecule has 0 aliphatic heterocycles. The Morgan fingerprint density at radius 1 is 1.43 bits per heavy atom. The molecular weight excluding hydrogens is 362 g/mol. The number of anilines is 1. The van der Waals surface area contributed by atoms with Crippen molar-refractivity contribution >= 4 is 33.3 Å². The van der Waals surface area contributed by atoms with Crippen LogP contribution in [0.5, 0.6) is 0 Å². The maximum Gasteiger partial charge on any atom is 0.251 e. The summed E-state index contributed by atoms with van der Waals surface area (Å²) in [5.74, 6) is 1.10. The van der Waals surface area contributed by atoms with Crippen LogP contribution in [0.4, 0.5) is 5.82 Å². The number of hydrogen-bond acceptors (Lipinski definition) is 5. The fraction of sp³-hybridized carbons (Fsp3) is 0.267. The third kappa shape index (κ3) is 3.21. The van der Waals surface area contributed by atoms with Crippen molar-refractivity contribution in [1.29, 1.82) is 0 Å². The van der Waals surface area contributed by atoms with E-state index in [2.05, 4.69) is 38.3 Å². The van der Waals surface area contributed by atoms with Crippen LogP contribution < -0.4 is 11.1 Å². The molecule has 23 heavy (non-hydrogen) atoms. The van der Waals surface area contributed by atoms with Gasteiger partial charge in [0.15, 0.2) is 16.1 Å². The van der Waals surface area contributed by atoms with Gasteiger partial charge in [0, 0.05) is 12.1 Å². The van der Waals surface area contributed by atoms with E-state index in [9.17, 15) is 4.79 Å². The van der Waals surface area contributed by atoms with Gasteiger partial charge in [-0.05, 0) is 46.6 Å². The number of amides is 1. The van der Waals surface area contributed by atoms with E-state index >= 15 is 0 Å². The van der Waals surface area contributed by atoms with E-state index < -0.39 is 0 Å². The van der Waals surface area contributed by atoms with Gasteiger partial charge in [-0.3, -0.25) is 4.79 Å². The van der Waals surface area contributed by atoms with Gasteiger partial charge in [-0.1, -0.05) is 13.3 Å². The molecule has 0 fully saturated rings. The van der Waals surface area contributed by atoms with Crippen LogP contribution in [-0.2, 0) is 0 Å². The van der Waals surface area contributed by atoms with Crippen molar-refractivity contribution in [3.8, 4) is 11.6 Å². The number of pyridine rings is 1. The maximum atomic E-state index is 12.1. The number of fused-ring (bicyclic) bond motifs is 1. The van der Waals surface area contributed by atoms with Crippen molar-refractivity contribution in [2.75, 3.05) is 12.3 Å². The number of nitrogens with one attached hydrogen (secondary N) is 1. The third-order valence-corrected chi connectivity index (χ3v) is 3.76. The lowest BCUT2D eigenvalue weighted by molar-refractivity contribution is 0.0953. The minimum Gasteiger partial charge on any atom is -0.446 e. The molecule has 0 saturated heterocycles. The standard InChI is InChI=1S/C15H16BrN5O2/c1-2-3-6-18-15(22)9-7-12(17)21-13(8-9)19-14(20-21)10-4-5-11(16)23-10/h4-5,7-8H,2-3,6,17H2,1H3,(H,18,22). The van der Waals surface area contributed by atoms with Gasteiger partial charge in [-0.15, -0.1) is 5.10 Å². The fourth-order valence-corrected chi connectivity index (χ4v) is 2.47. The predicted octanol–water partition coefficient (Wildman–Crippen LogP) is 2.86. The molecule has 0 unspecified atom stereocenters. The largest absolute Gasteiger partial charge is 0.446 e. The number of nitrogens with zero attached hydrogens (tertiary/aromatic N) is 3. The normalized spacial score (nSPS) is 11.0. The van der Waals surface area contributed by atoms with Gasteiger partial charge in [0.05, 0.1) is 0 Å². The van der Waals surface area contributed by atoms with Crippen LogP contribution in [0.2, 0.25) is 0 Å². The first-order valence-electron chi connectivity index (χ1n) is 7.28. The van der Waals surface area contributed by atoms with E-state index in [1.54, 1.807) is 24.3 Å². The molecule has 3 aromatic rings. The monoisotopic (exact) mass is 377 g/mol. The van der Waals surface area contributed by atoms with Gasteiger partial charge in [0.1, 0.15) is 5.82 Å². The average molecular weight is 378 g/mol. The van der Waals surface area contributed by atoms with Crippen molar-refractivity contribution in [3.05, 3.63) is 34.5 Å². The van der Waals surface area contributed by atoms with Gasteiger partial charge in [-0.25, -0.2) is 4.98 Å². The van der Waals surface area contributed by atoms with Gasteiger partial charge < -0.3 is 15.5 Å². The molecule has 120 valence electrons. The van der Waals surface area contributed by atoms with E-state index in [1.807, 2.05) is 0 Å². The molecule has 1 amide bonds. The highest BCUT2D eigenvalue weighted by Crippen LogP contribution is 2.23. The summed E-state index contributed by atoms with van der Waals surface area (Å²) in [6.07, 6.45) is 1.96. The van der Waals surface area contributed by atoms with E-state index in [4.69, 9.17) is 10.2 Å². The van der Waals surface area contributed by atoms with Crippen molar-refractivity contribution in [1.82, 2.24) is 19.9 Å². The number of carbonyl (C=O) groups excluding carboxylic acids is 1. The highest BCUT2D eigenvalue weighted by molar-refractivity contribution is 9.10. The average Bonchev–Trinajstić information content (AvgIpc) is 3.13. The first kappa shape index (κ1) is 15.5. The minimum atomic E-state index is -0.169. The minimum absolute atomic E-state index is 0.169. The van der Waals surface area contributed by atoms with Gasteiger partial charge in [0.2, 0.25) is 5.82 Å². The molecule has 0 bridgehead atoms. The Labute approximate surface area is 141 Å². The van der Waals surface area contributed by atoms with Crippen molar-refractivity contribution in [2.24, 2.45) is 0 Å². The third-order valence-electron chi connectivity index (χ3n) is 3.34. The van der Waals surface area contributed by atoms with Gasteiger partial charge in [0.25, 0.3) is 5.91 Å². The summed E-state index contributed by atoms with van der Waals surface area (Å²) < 4.78 is 7.51. The van der Waals surface area contributed by atoms with Gasteiger partial charge in [-0.2, -0.15) is 4.52 Å². The topological polar surface area (TPSA) is 98.5 Å². The van der Waals surface area contributed by atoms with Crippen LogP contribution in [0.25, 0.3) is 17.2 Å². The van der Waals surface area contributed by atoms with Crippen molar-refractivity contribution < 1.29 is 9.21 Å². The molecule has 0 aliphatic carbocycles. The Balaban J connectivity index is 1.93. The molecule has 0 atom stereocenters. The Bertz CT molecular complexity index is 855. The molecule has 3 aromatic heterocycles. The maximum absolute atomic E-state index is 12.1. The zero-order valence-corrected chi connectivity index (χ0v) is 14.1. The molecule has 0 spiro atoms. The summed E-state index contributed by atoms with van der Waals surface area (Å²) >= 11 is 3.24. The number of carbonyl (C=O) groups is 1. The second-order valence-corrected chi connectivity index (χ2v) is 5.87. The lowest BCUT2D eigenvalue weighted by Gasteiger charge is -2.05. The van der Waals surface area contributed by atoms with E-state index in [1.165, 1.54) is 4.52 Å². The molecule has 8 heteroatoms. The van der Waals surface area contributed by atoms with Crippen molar-refractivity contribution in [3.63, 3.8) is 0 Å². The Kier molecular flexibility index (Phi) is 4.33. The zero-order chi connectivity index (χ0) is 16.4. The molecule has 3 heterocycles. The first-order valence-corrected chi connectivity index (χ1v) is 8.08. The number of hydrogen-bond donors (Lipinski definition) is 2. The second-order valence-electron chi connectivity index (χ2n) is 5.09. The Morgan fingerprint density at radius 2 is 2.26 bits per heavy atom. The fourth-order valence-electron chi connectivity index (χ4n) is 2.16. The van der Waals surface area contributed by atoms with Crippen LogP contribution in [0.3, 0.4) is 0 Å². The van der Waals surface area contributed by atoms with Crippen LogP contribution in [0.1, 0.15) is 30.1 Å². The SMILES string of the molecule is CCCCNC(=O)c1cc(N)n2nc(-c3ccc(Br)o3)nc2c1. The molecule has 0 radical (unpaired) electrons. The van der Waals surface area contributed by atoms with Crippen LogP contribution in [0.15, 0.2) is 33.4 Å². The summed E-state index contributed by atoms with van der Waals surface area (Å²) in [7, 11) is 0. The van der Waals surface area contributed by atoms with Crippen LogP contribution in [-0.4, -0.2) is 27.0 Å². The number of nitrogen functional groups attached to an aromatic ring is 1. The second kappa shape index (κ2) is 6.41. The van der Waals surface area contributed by atoms with Crippen LogP contribution in [0, 0.1) is 0 Å². The summed E-state index contributed by atoms with van der Waals surface area (Å²) in [5, 5.41) is 7.16. The number of aromatic nitrogens is 3. The molecule has 3 rings (SSSR count). The number of nitrogens with two attached hydrogens (primary N) is 1. The molecular formula is C15H16BrN5O2. The smallest absolute Gasteiger partial charge is 0.251 e. The zero-order valence-electron chi connectivity index (χ0n) is 12.5. The summed E-state index contributed by atoms with van der Waals surface area (Å²) in [4.78, 5) is 16.5. The lowest BCUT2D eigenvalue weighted by atomic mass is 10.2. The Morgan fingerprint density at radius 3 is 2.96 bits per heavy atom. The molecule has 7 nitrogen and oxygen atoms in total. The van der Waals surface area contributed by atoms with E-state index in [0.717, 1.165) is 12.8 Å². The summed E-state index contributed by atoms with van der Waals surface area (Å²) in [5.41, 5.74) is 6.94. The van der Waals surface area contributed by atoms with E-state index in [-0.39, 0.29) is 5.91 Å². The van der Waals surface area contributed by atoms with Gasteiger partial charge >= 0.3 is 0 Å². The number of unbranched alkanes of at least 4 members (excludes halogenated alkanes) is 1. The number of rotatable bonds is 5. The van der Waals surface area contributed by atoms with E-state index in [0.29, 0.717) is 39.8 Å².